The van der Waals surface area contributed by atoms with Crippen LogP contribution in [0.1, 0.15) is 47.0 Å². The van der Waals surface area contributed by atoms with Crippen molar-refractivity contribution >= 4 is 33.1 Å². The van der Waals surface area contributed by atoms with Crippen molar-refractivity contribution in [2.75, 3.05) is 20.1 Å². The maximum atomic E-state index is 14.4. The topological polar surface area (TPSA) is 78.3 Å². The van der Waals surface area contributed by atoms with Crippen molar-refractivity contribution < 1.29 is 9.18 Å². The van der Waals surface area contributed by atoms with Gasteiger partial charge in [0.15, 0.2) is 5.65 Å². The van der Waals surface area contributed by atoms with Crippen LogP contribution in [0, 0.1) is 6.92 Å². The number of nitrogens with zero attached hydrogens (tertiary/aromatic N) is 4. The molecule has 5 rings (SSSR count). The normalized spacial score (nSPS) is 19.3. The van der Waals surface area contributed by atoms with Gasteiger partial charge in [-0.3, -0.25) is 4.79 Å². The first-order valence-electron chi connectivity index (χ1n) is 10.9. The Hall–Kier alpha value is -2.78. The Morgan fingerprint density at radius 1 is 1.38 bits per heavy atom. The molecule has 1 aliphatic heterocycles. The lowest BCUT2D eigenvalue weighted by molar-refractivity contribution is 0.0577. The summed E-state index contributed by atoms with van der Waals surface area (Å²) in [5.74, 6) is 0.134. The number of nitrogens with one attached hydrogen (secondary N) is 2. The van der Waals surface area contributed by atoms with E-state index >= 15 is 0 Å². The Labute approximate surface area is 189 Å². The van der Waals surface area contributed by atoms with Crippen LogP contribution in [0.5, 0.6) is 0 Å². The Balaban J connectivity index is 1.54. The molecule has 9 heteroatoms. The molecule has 0 bridgehead atoms. The number of alkyl halides is 1. The van der Waals surface area contributed by atoms with Crippen LogP contribution < -0.4 is 5.32 Å². The molecule has 0 unspecified atom stereocenters. The number of H-pyrrole nitrogens is 1. The number of aryl methyl sites for hydroxylation is 1. The van der Waals surface area contributed by atoms with E-state index in [0.29, 0.717) is 17.8 Å². The molecule has 1 amide bonds. The molecule has 5 heterocycles. The minimum Gasteiger partial charge on any atom is -0.354 e. The van der Waals surface area contributed by atoms with Crippen LogP contribution >= 0.6 is 11.3 Å². The number of carbonyl (C=O) groups is 1. The number of thiophene rings is 1. The summed E-state index contributed by atoms with van der Waals surface area (Å²) in [5, 5.41) is 7.34. The summed E-state index contributed by atoms with van der Waals surface area (Å²) in [6.07, 6.45) is 3.12. The number of carbonyl (C=O) groups excluding carboxylic acids is 1. The van der Waals surface area contributed by atoms with E-state index in [4.69, 9.17) is 0 Å². The molecule has 1 saturated heterocycles. The highest BCUT2D eigenvalue weighted by Crippen LogP contribution is 2.40. The maximum Gasteiger partial charge on any atom is 0.264 e. The highest BCUT2D eigenvalue weighted by molar-refractivity contribution is 7.21. The van der Waals surface area contributed by atoms with Gasteiger partial charge in [-0.2, -0.15) is 5.10 Å². The lowest BCUT2D eigenvalue weighted by atomic mass is 9.99. The smallest absolute Gasteiger partial charge is 0.264 e. The monoisotopic (exact) mass is 454 g/mol. The van der Waals surface area contributed by atoms with E-state index in [9.17, 15) is 9.18 Å². The average molecular weight is 455 g/mol. The van der Waals surface area contributed by atoms with Crippen LogP contribution in [0.2, 0.25) is 0 Å². The first kappa shape index (κ1) is 21.1. The molecule has 0 aliphatic carbocycles. The SMILES string of the molecule is Cc1cc(-c2[nH]c3cc(C(=O)N(C)[C@@H]4CCNC[C@H]4F)sc3c2C(C)C)cn2ncnc12. The molecule has 1 aliphatic rings. The summed E-state index contributed by atoms with van der Waals surface area (Å²) < 4.78 is 17.2. The first-order chi connectivity index (χ1) is 15.3. The molecule has 168 valence electrons. The predicted octanol–water partition coefficient (Wildman–Crippen LogP) is 4.14. The van der Waals surface area contributed by atoms with Crippen LogP contribution in [0.3, 0.4) is 0 Å². The van der Waals surface area contributed by atoms with Gasteiger partial charge < -0.3 is 15.2 Å². The summed E-state index contributed by atoms with van der Waals surface area (Å²) >= 11 is 1.48. The summed E-state index contributed by atoms with van der Waals surface area (Å²) in [6.45, 7) is 7.36. The Morgan fingerprint density at radius 3 is 2.94 bits per heavy atom. The molecule has 4 aromatic rings. The number of halogens is 1. The summed E-state index contributed by atoms with van der Waals surface area (Å²) in [6, 6.07) is 3.63. The van der Waals surface area contributed by atoms with Crippen molar-refractivity contribution in [3.63, 3.8) is 0 Å². The van der Waals surface area contributed by atoms with Gasteiger partial charge in [0.2, 0.25) is 0 Å². The van der Waals surface area contributed by atoms with Crippen molar-refractivity contribution in [1.82, 2.24) is 29.8 Å². The standard InChI is InChI=1S/C23H27FN6OS/c1-12(2)19-20(14-7-13(3)22-26-11-27-30(22)10-14)28-16-8-18(32-21(16)19)23(31)29(4)17-5-6-25-9-15(17)24/h7-8,10-12,15,17,25,28H,5-6,9H2,1-4H3/t15-,17-/m1/s1. The molecule has 1 fully saturated rings. The first-order valence-corrected chi connectivity index (χ1v) is 11.7. The summed E-state index contributed by atoms with van der Waals surface area (Å²) in [5.41, 5.74) is 6.07. The van der Waals surface area contributed by atoms with E-state index in [1.165, 1.54) is 16.9 Å². The number of aromatic amines is 1. The van der Waals surface area contributed by atoms with Crippen LogP contribution in [0.15, 0.2) is 24.7 Å². The molecule has 0 radical (unpaired) electrons. The molecule has 2 atom stereocenters. The Kier molecular flexibility index (Phi) is 5.25. The van der Waals surface area contributed by atoms with Crippen molar-refractivity contribution in [2.45, 2.75) is 45.3 Å². The molecule has 0 saturated carbocycles. The molecular weight excluding hydrogens is 427 g/mol. The molecule has 4 aromatic heterocycles. The van der Waals surface area contributed by atoms with Gasteiger partial charge >= 0.3 is 0 Å². The number of fused-ring (bicyclic) bond motifs is 2. The number of piperidine rings is 1. The van der Waals surface area contributed by atoms with Crippen LogP contribution in [-0.4, -0.2) is 62.7 Å². The van der Waals surface area contributed by atoms with Gasteiger partial charge in [-0.15, -0.1) is 11.3 Å². The zero-order valence-electron chi connectivity index (χ0n) is 18.6. The Bertz CT molecular complexity index is 1300. The van der Waals surface area contributed by atoms with Gasteiger partial charge in [0.05, 0.1) is 26.8 Å². The fraction of sp³-hybridized carbons (Fsp3) is 0.435. The second-order valence-electron chi connectivity index (χ2n) is 8.85. The van der Waals surface area contributed by atoms with Crippen molar-refractivity contribution in [3.8, 4) is 11.3 Å². The predicted molar refractivity (Wildman–Crippen MR) is 125 cm³/mol. The second-order valence-corrected chi connectivity index (χ2v) is 9.91. The lowest BCUT2D eigenvalue weighted by Crippen LogP contribution is -2.51. The number of pyridine rings is 1. The minimum absolute atomic E-state index is 0.120. The van der Waals surface area contributed by atoms with Gasteiger partial charge in [0.1, 0.15) is 12.5 Å². The fourth-order valence-corrected chi connectivity index (χ4v) is 5.98. The summed E-state index contributed by atoms with van der Waals surface area (Å²) in [4.78, 5) is 23.2. The molecule has 2 N–H and O–H groups in total. The van der Waals surface area contributed by atoms with Gasteiger partial charge in [-0.1, -0.05) is 13.8 Å². The molecule has 7 nitrogen and oxygen atoms in total. The quantitative estimate of drug-likeness (QED) is 0.486. The lowest BCUT2D eigenvalue weighted by Gasteiger charge is -2.34. The molecular formula is C23H27FN6OS. The van der Waals surface area contributed by atoms with E-state index < -0.39 is 6.17 Å². The summed E-state index contributed by atoms with van der Waals surface area (Å²) in [7, 11) is 1.71. The van der Waals surface area contributed by atoms with Crippen molar-refractivity contribution in [1.29, 1.82) is 0 Å². The van der Waals surface area contributed by atoms with E-state index in [1.807, 2.05) is 19.2 Å². The van der Waals surface area contributed by atoms with Gasteiger partial charge in [-0.05, 0) is 49.1 Å². The average Bonchev–Trinajstić information content (AvgIpc) is 3.46. The number of rotatable bonds is 4. The largest absolute Gasteiger partial charge is 0.354 e. The number of hydrogen-bond acceptors (Lipinski definition) is 5. The van der Waals surface area contributed by atoms with Gasteiger partial charge in [0.25, 0.3) is 5.91 Å². The van der Waals surface area contributed by atoms with E-state index in [2.05, 4.69) is 40.3 Å². The van der Waals surface area contributed by atoms with Crippen LogP contribution in [0.25, 0.3) is 27.1 Å². The molecule has 0 aromatic carbocycles. The van der Waals surface area contributed by atoms with Crippen molar-refractivity contribution in [3.05, 3.63) is 40.7 Å². The number of aromatic nitrogens is 4. The third-order valence-corrected chi connectivity index (χ3v) is 7.49. The third-order valence-electron chi connectivity index (χ3n) is 6.33. The zero-order chi connectivity index (χ0) is 22.6. The third kappa shape index (κ3) is 3.40. The minimum atomic E-state index is -1.05. The molecule has 0 spiro atoms. The van der Waals surface area contributed by atoms with Crippen molar-refractivity contribution in [2.24, 2.45) is 0 Å². The van der Waals surface area contributed by atoms with Gasteiger partial charge in [0, 0.05) is 25.4 Å². The van der Waals surface area contributed by atoms with E-state index in [0.717, 1.165) is 39.2 Å². The Morgan fingerprint density at radius 2 is 2.19 bits per heavy atom. The second kappa shape index (κ2) is 7.97. The van der Waals surface area contributed by atoms with E-state index in [-0.39, 0.29) is 17.9 Å². The van der Waals surface area contributed by atoms with Gasteiger partial charge in [-0.25, -0.2) is 13.9 Å². The van der Waals surface area contributed by atoms with Crippen LogP contribution in [-0.2, 0) is 0 Å². The van der Waals surface area contributed by atoms with Crippen LogP contribution in [0.4, 0.5) is 4.39 Å². The maximum absolute atomic E-state index is 14.4. The highest BCUT2D eigenvalue weighted by Gasteiger charge is 2.32. The van der Waals surface area contributed by atoms with E-state index in [1.54, 1.807) is 22.8 Å². The highest BCUT2D eigenvalue weighted by atomic mass is 32.1. The number of hydrogen-bond donors (Lipinski definition) is 2. The molecule has 32 heavy (non-hydrogen) atoms. The number of amides is 1. The zero-order valence-corrected chi connectivity index (χ0v) is 19.5. The fourth-order valence-electron chi connectivity index (χ4n) is 4.68.